The van der Waals surface area contributed by atoms with E-state index in [4.69, 9.17) is 9.72 Å². The van der Waals surface area contributed by atoms with Gasteiger partial charge in [-0.05, 0) is 50.1 Å². The van der Waals surface area contributed by atoms with Crippen LogP contribution in [-0.4, -0.2) is 43.7 Å². The molecule has 3 heterocycles. The van der Waals surface area contributed by atoms with Crippen molar-refractivity contribution in [3.05, 3.63) is 66.5 Å². The maximum absolute atomic E-state index is 13.9. The van der Waals surface area contributed by atoms with Crippen LogP contribution in [0.4, 0.5) is 14.6 Å². The molecule has 35 heavy (non-hydrogen) atoms. The lowest BCUT2D eigenvalue weighted by Gasteiger charge is -2.28. The maximum Gasteiger partial charge on any atom is 0.165 e. The van der Waals surface area contributed by atoms with Crippen LogP contribution in [0.3, 0.4) is 0 Å². The number of fused-ring (bicyclic) bond motifs is 1. The highest BCUT2D eigenvalue weighted by atomic mass is 19.1. The molecule has 3 atom stereocenters. The third-order valence-corrected chi connectivity index (χ3v) is 6.61. The monoisotopic (exact) mass is 481 g/mol. The minimum absolute atomic E-state index is 0.0884. The van der Waals surface area contributed by atoms with Crippen LogP contribution in [0.1, 0.15) is 50.3 Å². The van der Waals surface area contributed by atoms with Gasteiger partial charge in [0.15, 0.2) is 5.65 Å². The summed E-state index contributed by atoms with van der Waals surface area (Å²) in [4.78, 5) is 4.76. The Hall–Kier alpha value is -3.46. The van der Waals surface area contributed by atoms with Crippen molar-refractivity contribution in [1.82, 2.24) is 19.2 Å². The van der Waals surface area contributed by atoms with Crippen molar-refractivity contribution in [3.63, 3.8) is 0 Å². The van der Waals surface area contributed by atoms with Crippen LogP contribution in [0.15, 0.2) is 55.1 Å². The topological polar surface area (TPSA) is 76.6 Å². The number of benzene rings is 1. The molecule has 0 aliphatic heterocycles. The van der Waals surface area contributed by atoms with Crippen LogP contribution in [0.2, 0.25) is 0 Å². The maximum atomic E-state index is 13.9. The zero-order valence-electron chi connectivity index (χ0n) is 19.6. The first-order valence-corrected chi connectivity index (χ1v) is 12.0. The molecule has 7 nitrogen and oxygen atoms in total. The van der Waals surface area contributed by atoms with Gasteiger partial charge in [0.1, 0.15) is 30.7 Å². The van der Waals surface area contributed by atoms with E-state index in [1.807, 2.05) is 31.6 Å². The van der Waals surface area contributed by atoms with Crippen molar-refractivity contribution in [1.29, 1.82) is 0 Å². The van der Waals surface area contributed by atoms with E-state index in [0.717, 1.165) is 36.8 Å². The third-order valence-electron chi connectivity index (χ3n) is 6.61. The first kappa shape index (κ1) is 23.3. The van der Waals surface area contributed by atoms with Crippen LogP contribution in [0.25, 0.3) is 16.8 Å². The van der Waals surface area contributed by atoms with E-state index in [-0.39, 0.29) is 24.8 Å². The lowest BCUT2D eigenvalue weighted by molar-refractivity contribution is 0.0757. The Morgan fingerprint density at radius 3 is 2.89 bits per heavy atom. The van der Waals surface area contributed by atoms with Gasteiger partial charge in [0.25, 0.3) is 0 Å². The second-order valence-corrected chi connectivity index (χ2v) is 8.99. The SMILES string of the molecule is CC(Nc1ccn2ncc(-c3ccn(C4CCCCC4O)c3)c2n1)c1cc(F)ccc1OCCF. The predicted molar refractivity (Wildman–Crippen MR) is 130 cm³/mol. The summed E-state index contributed by atoms with van der Waals surface area (Å²) in [6, 6.07) is 7.76. The van der Waals surface area contributed by atoms with Gasteiger partial charge in [0.2, 0.25) is 0 Å². The summed E-state index contributed by atoms with van der Waals surface area (Å²) in [5.41, 5.74) is 3.11. The fourth-order valence-electron chi connectivity index (χ4n) is 4.81. The van der Waals surface area contributed by atoms with E-state index in [9.17, 15) is 13.9 Å². The van der Waals surface area contributed by atoms with Gasteiger partial charge < -0.3 is 19.7 Å². The molecule has 1 aromatic carbocycles. The molecular weight excluding hydrogens is 452 g/mol. The Labute approximate surface area is 202 Å². The molecule has 0 radical (unpaired) electrons. The number of halogens is 2. The molecule has 0 bridgehead atoms. The molecular formula is C26H29F2N5O2. The molecule has 1 saturated carbocycles. The van der Waals surface area contributed by atoms with Crippen molar-refractivity contribution < 1.29 is 18.6 Å². The normalized spacial score (nSPS) is 19.1. The van der Waals surface area contributed by atoms with Crippen molar-refractivity contribution in [3.8, 4) is 16.9 Å². The highest BCUT2D eigenvalue weighted by Gasteiger charge is 2.24. The van der Waals surface area contributed by atoms with Crippen molar-refractivity contribution in [2.75, 3.05) is 18.6 Å². The summed E-state index contributed by atoms with van der Waals surface area (Å²) in [5, 5.41) is 18.2. The number of rotatable bonds is 8. The van der Waals surface area contributed by atoms with Crippen LogP contribution >= 0.6 is 0 Å². The fourth-order valence-corrected chi connectivity index (χ4v) is 4.81. The molecule has 0 saturated heterocycles. The second kappa shape index (κ2) is 10.0. The fraction of sp³-hybridized carbons (Fsp3) is 0.385. The van der Waals surface area contributed by atoms with Gasteiger partial charge in [-0.1, -0.05) is 12.8 Å². The highest BCUT2D eigenvalue weighted by Crippen LogP contribution is 2.33. The van der Waals surface area contributed by atoms with Gasteiger partial charge in [0, 0.05) is 35.3 Å². The number of anilines is 1. The average molecular weight is 482 g/mol. The first-order valence-electron chi connectivity index (χ1n) is 12.0. The van der Waals surface area contributed by atoms with Crippen molar-refractivity contribution in [2.45, 2.75) is 50.8 Å². The Morgan fingerprint density at radius 2 is 2.06 bits per heavy atom. The number of aliphatic hydroxyl groups is 1. The number of ether oxygens (including phenoxy) is 1. The van der Waals surface area contributed by atoms with Gasteiger partial charge in [-0.25, -0.2) is 18.3 Å². The van der Waals surface area contributed by atoms with Crippen LogP contribution < -0.4 is 10.1 Å². The molecule has 3 unspecified atom stereocenters. The lowest BCUT2D eigenvalue weighted by Crippen LogP contribution is -2.26. The largest absolute Gasteiger partial charge is 0.490 e. The summed E-state index contributed by atoms with van der Waals surface area (Å²) in [6.07, 6.45) is 11.3. The molecule has 184 valence electrons. The number of alkyl halides is 1. The minimum atomic E-state index is -0.623. The van der Waals surface area contributed by atoms with Gasteiger partial charge >= 0.3 is 0 Å². The Balaban J connectivity index is 1.40. The third kappa shape index (κ3) is 4.86. The zero-order valence-corrected chi connectivity index (χ0v) is 19.6. The number of aliphatic hydroxyl groups excluding tert-OH is 1. The quantitative estimate of drug-likeness (QED) is 0.356. The molecule has 0 spiro atoms. The molecule has 2 N–H and O–H groups in total. The van der Waals surface area contributed by atoms with E-state index in [2.05, 4.69) is 15.0 Å². The van der Waals surface area contributed by atoms with Gasteiger partial charge in [-0.15, -0.1) is 0 Å². The van der Waals surface area contributed by atoms with Gasteiger partial charge in [-0.3, -0.25) is 0 Å². The first-order chi connectivity index (χ1) is 17.0. The summed E-state index contributed by atoms with van der Waals surface area (Å²) in [6.45, 7) is 1.16. The molecule has 1 fully saturated rings. The van der Waals surface area contributed by atoms with Crippen LogP contribution in [0, 0.1) is 5.82 Å². The second-order valence-electron chi connectivity index (χ2n) is 8.99. The molecule has 5 rings (SSSR count). The van der Waals surface area contributed by atoms with Gasteiger partial charge in [0.05, 0.1) is 24.4 Å². The minimum Gasteiger partial charge on any atom is -0.490 e. The van der Waals surface area contributed by atoms with Crippen LogP contribution in [0.5, 0.6) is 5.75 Å². The number of aromatic nitrogens is 4. The molecule has 3 aromatic heterocycles. The molecule has 1 aliphatic rings. The average Bonchev–Trinajstić information content (AvgIpc) is 3.50. The van der Waals surface area contributed by atoms with Crippen molar-refractivity contribution >= 4 is 11.5 Å². The van der Waals surface area contributed by atoms with Crippen LogP contribution in [-0.2, 0) is 0 Å². The Bertz CT molecular complexity index is 1300. The van der Waals surface area contributed by atoms with E-state index in [1.54, 1.807) is 16.8 Å². The standard InChI is InChI=1S/C26H29F2N5O2/c1-17(20-14-19(28)6-7-24(20)35-13-10-27)30-25-9-12-33-26(31-25)21(15-29-33)18-8-11-32(16-18)22-4-2-3-5-23(22)34/h6-9,11-12,14-17,22-23,34H,2-5,10,13H2,1H3,(H,30,31). The molecule has 1 aliphatic carbocycles. The Kier molecular flexibility index (Phi) is 6.68. The van der Waals surface area contributed by atoms with E-state index >= 15 is 0 Å². The van der Waals surface area contributed by atoms with E-state index in [0.29, 0.717) is 22.8 Å². The highest BCUT2D eigenvalue weighted by molar-refractivity contribution is 5.77. The van der Waals surface area contributed by atoms with E-state index in [1.165, 1.54) is 18.2 Å². The van der Waals surface area contributed by atoms with Crippen molar-refractivity contribution in [2.24, 2.45) is 0 Å². The number of hydrogen-bond donors (Lipinski definition) is 2. The van der Waals surface area contributed by atoms with Gasteiger partial charge in [-0.2, -0.15) is 5.10 Å². The molecule has 4 aromatic rings. The summed E-state index contributed by atoms with van der Waals surface area (Å²) >= 11 is 0. The summed E-state index contributed by atoms with van der Waals surface area (Å²) in [5.74, 6) is 0.631. The predicted octanol–water partition coefficient (Wildman–Crippen LogP) is 5.33. The Morgan fingerprint density at radius 1 is 1.20 bits per heavy atom. The lowest BCUT2D eigenvalue weighted by atomic mass is 9.92. The summed E-state index contributed by atoms with van der Waals surface area (Å²) in [7, 11) is 0. The zero-order chi connectivity index (χ0) is 24.4. The number of hydrogen-bond acceptors (Lipinski definition) is 5. The molecule has 9 heteroatoms. The smallest absolute Gasteiger partial charge is 0.165 e. The number of nitrogens with one attached hydrogen (secondary N) is 1. The summed E-state index contributed by atoms with van der Waals surface area (Å²) < 4.78 is 35.8. The number of nitrogens with zero attached hydrogens (tertiary/aromatic N) is 4. The van der Waals surface area contributed by atoms with E-state index < -0.39 is 12.5 Å². The molecule has 0 amide bonds.